The Hall–Kier alpha value is -11.8. The van der Waals surface area contributed by atoms with Crippen LogP contribution in [0.4, 0.5) is 0 Å². The number of carboxylic acid groups (broad SMARTS) is 4. The molecule has 0 aliphatic heterocycles. The van der Waals surface area contributed by atoms with Gasteiger partial charge in [0.2, 0.25) is 94.5 Å². The zero-order valence-electron chi connectivity index (χ0n) is 71.8. The molecule has 0 aromatic heterocycles. The first-order valence-electron chi connectivity index (χ1n) is 40.9. The summed E-state index contributed by atoms with van der Waals surface area (Å²) in [4.78, 5) is 271. The van der Waals surface area contributed by atoms with E-state index < -0.39 is 278 Å². The van der Waals surface area contributed by atoms with Crippen LogP contribution >= 0.6 is 0 Å². The largest absolute Gasteiger partial charge is 0.508 e. The third kappa shape index (κ3) is 41.4. The summed E-state index contributed by atoms with van der Waals surface area (Å²) in [6.07, 6.45) is -9.92. The summed E-state index contributed by atoms with van der Waals surface area (Å²) >= 11 is 0. The summed E-state index contributed by atoms with van der Waals surface area (Å²) < 4.78 is 0. The van der Waals surface area contributed by atoms with E-state index in [1.54, 1.807) is 48.5 Å². The monoisotopic (exact) mass is 1760 g/mol. The maximum absolute atomic E-state index is 14.5. The zero-order valence-corrected chi connectivity index (χ0v) is 71.8. The number of nitrogens with two attached hydrogens (primary N) is 5. The van der Waals surface area contributed by atoms with Crippen molar-refractivity contribution in [3.63, 3.8) is 0 Å². The minimum absolute atomic E-state index is 0.000898. The molecule has 1 rings (SSSR count). The van der Waals surface area contributed by atoms with E-state index in [1.807, 2.05) is 0 Å². The number of aromatic hydroxyl groups is 1. The van der Waals surface area contributed by atoms with Gasteiger partial charge in [0.05, 0.1) is 31.5 Å². The molecule has 0 aliphatic rings. The molecule has 0 bridgehead atoms. The van der Waals surface area contributed by atoms with Gasteiger partial charge in [-0.15, -0.1) is 0 Å². The smallest absolute Gasteiger partial charge is 0.326 e. The second-order valence-electron chi connectivity index (χ2n) is 31.4. The summed E-state index contributed by atoms with van der Waals surface area (Å²) in [7, 11) is 0. The Balaban J connectivity index is 3.75. The van der Waals surface area contributed by atoms with Crippen LogP contribution in [0, 0.1) is 23.7 Å². The number of hydrogen-bond donors (Lipinski definition) is 26. The summed E-state index contributed by atoms with van der Waals surface area (Å²) in [6.45, 7) is 16.7. The van der Waals surface area contributed by atoms with Gasteiger partial charge >= 0.3 is 23.9 Å². The summed E-state index contributed by atoms with van der Waals surface area (Å²) in [6, 6.07) is -20.4. The van der Waals surface area contributed by atoms with Gasteiger partial charge in [-0.05, 0) is 139 Å². The number of carbonyl (C=O) groups is 20. The number of hydrogen-bond acceptors (Lipinski definition) is 26. The van der Waals surface area contributed by atoms with Crippen LogP contribution in [0.2, 0.25) is 0 Å². The number of unbranched alkanes of at least 4 members (excludes halogenated alkanes) is 2. The molecule has 16 amide bonds. The number of phenols is 1. The SMILES string of the molecule is CC[C@H](C)[C@H](NC(=O)[C@H](CCC(=O)O)NC(=O)[C@H](CCCCN)NC(=O)[C@H](CCC(=O)O)NC(=O)[C@@H](NC(=O)[C@H](CCCCN)NC(=O)[C@H](CC(N)=O)NC(=O)[C@H](CC(N)=O)NC(=O)[C@H](CC(=O)O)NC(=O)[C@@H](NC(=O)[C@H](CC(C)C)NC(=O)[C@@H](C)NC(=O)[C@@H](N)[C@@H](C)O)[C@@H](C)CC)[C@@H](C)O)C(=O)N[C@@H](CC(C)C)C(=O)N[C@@H](Cc1ccc(O)cc1)C(=O)O. The molecule has 0 heterocycles. The molecule has 0 unspecified atom stereocenters. The zero-order chi connectivity index (χ0) is 94.7. The van der Waals surface area contributed by atoms with Crippen LogP contribution in [-0.4, -0.2) is 270 Å². The number of benzene rings is 1. The van der Waals surface area contributed by atoms with Crippen LogP contribution in [0.25, 0.3) is 0 Å². The fourth-order valence-electron chi connectivity index (χ4n) is 12.2. The average Bonchev–Trinajstić information content (AvgIpc) is 0.843. The number of carbonyl (C=O) groups excluding carboxylic acids is 16. The first-order valence-corrected chi connectivity index (χ1v) is 40.9. The molecule has 1 aromatic carbocycles. The molecule has 1 aromatic rings. The normalized spacial score (nSPS) is 15.8. The molecule has 46 nitrogen and oxygen atoms in total. The summed E-state index contributed by atoms with van der Waals surface area (Å²) in [5.41, 5.74) is 28.6. The van der Waals surface area contributed by atoms with Gasteiger partial charge < -0.3 is 139 Å². The number of aliphatic hydroxyl groups is 2. The lowest BCUT2D eigenvalue weighted by Crippen LogP contribution is -2.62. The van der Waals surface area contributed by atoms with Gasteiger partial charge in [0.15, 0.2) is 0 Å². The number of rotatable bonds is 61. The number of carboxylic acids is 4. The molecule has 0 radical (unpaired) electrons. The Bertz CT molecular complexity index is 3810. The van der Waals surface area contributed by atoms with Gasteiger partial charge in [0.1, 0.15) is 96.4 Å². The predicted molar refractivity (Wildman–Crippen MR) is 441 cm³/mol. The van der Waals surface area contributed by atoms with Crippen molar-refractivity contribution in [1.82, 2.24) is 74.4 Å². The third-order valence-electron chi connectivity index (χ3n) is 19.7. The molecule has 46 heteroatoms. The molecule has 31 N–H and O–H groups in total. The van der Waals surface area contributed by atoms with E-state index in [9.17, 15) is 132 Å². The molecular formula is C78H129N19O27. The van der Waals surface area contributed by atoms with Crippen molar-refractivity contribution < 1.29 is 132 Å². The molecule has 698 valence electrons. The maximum atomic E-state index is 14.5. The molecule has 0 aliphatic carbocycles. The fourth-order valence-corrected chi connectivity index (χ4v) is 12.2. The Morgan fingerprint density at radius 2 is 0.645 bits per heavy atom. The predicted octanol–water partition coefficient (Wildman–Crippen LogP) is -6.69. The second kappa shape index (κ2) is 56.1. The molecule has 0 spiro atoms. The minimum Gasteiger partial charge on any atom is -0.508 e. The van der Waals surface area contributed by atoms with Crippen LogP contribution in [-0.2, 0) is 102 Å². The van der Waals surface area contributed by atoms with E-state index in [2.05, 4.69) is 74.4 Å². The van der Waals surface area contributed by atoms with Gasteiger partial charge in [-0.1, -0.05) is 80.4 Å². The van der Waals surface area contributed by atoms with Gasteiger partial charge in [-0.25, -0.2) is 4.79 Å². The van der Waals surface area contributed by atoms with Crippen molar-refractivity contribution in [3.8, 4) is 5.75 Å². The number of nitrogens with one attached hydrogen (secondary N) is 14. The number of aliphatic carboxylic acids is 4. The summed E-state index contributed by atoms with van der Waals surface area (Å²) in [5, 5.41) is 103. The Labute approximate surface area is 717 Å². The lowest BCUT2D eigenvalue weighted by Gasteiger charge is -2.30. The lowest BCUT2D eigenvalue weighted by molar-refractivity contribution is -0.142. The van der Waals surface area contributed by atoms with E-state index in [-0.39, 0.29) is 101 Å². The Morgan fingerprint density at radius 3 is 0.992 bits per heavy atom. The molecular weight excluding hydrogens is 1630 g/mol. The topological polar surface area (TPSA) is 782 Å². The van der Waals surface area contributed by atoms with Gasteiger partial charge in [-0.3, -0.25) is 91.1 Å². The highest BCUT2D eigenvalue weighted by molar-refractivity contribution is 6.02. The van der Waals surface area contributed by atoms with E-state index in [0.717, 1.165) is 6.92 Å². The second-order valence-corrected chi connectivity index (χ2v) is 31.4. The average molecular weight is 1760 g/mol. The maximum Gasteiger partial charge on any atom is 0.326 e. The lowest BCUT2D eigenvalue weighted by atomic mass is 9.96. The van der Waals surface area contributed by atoms with Crippen molar-refractivity contribution in [2.24, 2.45) is 52.3 Å². The molecule has 0 saturated heterocycles. The van der Waals surface area contributed by atoms with E-state index in [4.69, 9.17) is 28.7 Å². The van der Waals surface area contributed by atoms with Crippen LogP contribution in [0.15, 0.2) is 24.3 Å². The van der Waals surface area contributed by atoms with Gasteiger partial charge in [0.25, 0.3) is 0 Å². The highest BCUT2D eigenvalue weighted by Crippen LogP contribution is 2.18. The molecule has 124 heavy (non-hydrogen) atoms. The first-order chi connectivity index (χ1) is 57.9. The molecule has 0 saturated carbocycles. The highest BCUT2D eigenvalue weighted by atomic mass is 16.4. The minimum atomic E-state index is -2.18. The van der Waals surface area contributed by atoms with Crippen LogP contribution in [0.3, 0.4) is 0 Å². The van der Waals surface area contributed by atoms with E-state index in [0.29, 0.717) is 5.56 Å². The standard InChI is InChI=1S/C78H129N19O27/c1-12-38(7)61(75(120)92-49(30-36(3)4)69(114)94-54(78(123)124)32-43-20-22-44(100)23-21-43)95-68(113)48(25-27-58(105)106)87-65(110)45(18-14-16-28-79)85-66(111)47(24-26-57(103)104)88-77(122)63(42(11)99)97-67(112)46(19-15-17-29-80)86-70(115)51(33-55(81)101)90-71(116)52(34-56(82)102)91-72(117)53(35-59(107)108)93-76(121)62(39(8)13-2)96-73(118)50(31-37(5)6)89-64(109)40(9)84-74(119)60(83)41(10)98/h20-23,36-42,45-54,60-63,98-100H,12-19,24-35,79-80,83H2,1-11H3,(H2,81,101)(H2,82,102)(H,84,119)(H,85,111)(H,86,115)(H,87,110)(H,88,122)(H,89,109)(H,90,116)(H,91,117)(H,92,120)(H,93,121)(H,94,114)(H,95,113)(H,96,118)(H,97,112)(H,103,104)(H,105,106)(H,107,108)(H,123,124)/t38-,39-,40+,41+,42+,45-,46-,47-,48-,49-,50-,51-,52-,53-,54-,60-,61-,62-,63-/m0/s1. The number of aliphatic hydroxyl groups excluding tert-OH is 2. The Kier molecular flexibility index (Phi) is 49.9. The van der Waals surface area contributed by atoms with Crippen molar-refractivity contribution in [1.29, 1.82) is 0 Å². The van der Waals surface area contributed by atoms with Crippen molar-refractivity contribution in [3.05, 3.63) is 29.8 Å². The van der Waals surface area contributed by atoms with Crippen LogP contribution < -0.4 is 103 Å². The number of amides is 16. The number of primary amides is 2. The van der Waals surface area contributed by atoms with Gasteiger partial charge in [0, 0.05) is 19.3 Å². The number of phenolic OH excluding ortho intramolecular Hbond substituents is 1. The fraction of sp³-hybridized carbons (Fsp3) is 0.667. The van der Waals surface area contributed by atoms with Crippen LogP contribution in [0.5, 0.6) is 5.75 Å². The Morgan fingerprint density at radius 1 is 0.339 bits per heavy atom. The van der Waals surface area contributed by atoms with Gasteiger partial charge in [-0.2, -0.15) is 0 Å². The van der Waals surface area contributed by atoms with Crippen molar-refractivity contribution in [2.45, 2.75) is 295 Å². The third-order valence-corrected chi connectivity index (χ3v) is 19.7. The summed E-state index contributed by atoms with van der Waals surface area (Å²) in [5.74, 6) is -27.3. The molecule has 0 fully saturated rings. The van der Waals surface area contributed by atoms with E-state index in [1.165, 1.54) is 45.0 Å². The van der Waals surface area contributed by atoms with Crippen molar-refractivity contribution in [2.75, 3.05) is 13.1 Å². The first kappa shape index (κ1) is 110. The molecule has 19 atom stereocenters. The quantitative estimate of drug-likeness (QED) is 0.0270. The van der Waals surface area contributed by atoms with E-state index >= 15 is 0 Å². The highest BCUT2D eigenvalue weighted by Gasteiger charge is 2.41. The van der Waals surface area contributed by atoms with Crippen molar-refractivity contribution >= 4 is 118 Å². The van der Waals surface area contributed by atoms with Crippen LogP contribution in [0.1, 0.15) is 191 Å².